The molecule has 0 amide bonds. The van der Waals surface area contributed by atoms with Crippen LogP contribution in [0.1, 0.15) is 72.6 Å². The second-order valence-corrected chi connectivity index (χ2v) is 11.3. The SMILES string of the molecule is C=Cc1ccc(CN(C)c2ccc(C(c3ccc(N(CC)CC)cc3C)c3ccc(N(CC)CC)cc3C)cc2)cc1. The van der Waals surface area contributed by atoms with E-state index >= 15 is 0 Å². The molecule has 0 aliphatic rings. The van der Waals surface area contributed by atoms with E-state index in [0.29, 0.717) is 0 Å². The Hall–Kier alpha value is -3.98. The molecule has 0 heterocycles. The molecular formula is C39H49N3. The third kappa shape index (κ3) is 6.90. The molecule has 4 aromatic rings. The Morgan fingerprint density at radius 2 is 1.07 bits per heavy atom. The monoisotopic (exact) mass is 559 g/mol. The molecule has 0 aliphatic carbocycles. The zero-order valence-corrected chi connectivity index (χ0v) is 26.8. The van der Waals surface area contributed by atoms with Crippen LogP contribution in [-0.2, 0) is 6.54 Å². The molecule has 0 aliphatic heterocycles. The molecule has 0 atom stereocenters. The highest BCUT2D eigenvalue weighted by Gasteiger charge is 2.22. The topological polar surface area (TPSA) is 9.72 Å². The van der Waals surface area contributed by atoms with Gasteiger partial charge in [0.25, 0.3) is 0 Å². The zero-order valence-electron chi connectivity index (χ0n) is 26.8. The first kappa shape index (κ1) is 31.0. The van der Waals surface area contributed by atoms with Gasteiger partial charge in [0.05, 0.1) is 0 Å². The second kappa shape index (κ2) is 14.3. The maximum Gasteiger partial charge on any atom is 0.0426 e. The average molecular weight is 560 g/mol. The Morgan fingerprint density at radius 1 is 0.619 bits per heavy atom. The summed E-state index contributed by atoms with van der Waals surface area (Å²) in [4.78, 5) is 7.16. The lowest BCUT2D eigenvalue weighted by Gasteiger charge is -2.28. The molecule has 0 bridgehead atoms. The average Bonchev–Trinajstić information content (AvgIpc) is 3.01. The highest BCUT2D eigenvalue weighted by Crippen LogP contribution is 2.38. The quantitative estimate of drug-likeness (QED) is 0.151. The van der Waals surface area contributed by atoms with E-state index in [9.17, 15) is 0 Å². The highest BCUT2D eigenvalue weighted by atomic mass is 15.1. The smallest absolute Gasteiger partial charge is 0.0426 e. The lowest BCUT2D eigenvalue weighted by molar-refractivity contribution is 0.859. The molecule has 0 fully saturated rings. The summed E-state index contributed by atoms with van der Waals surface area (Å²) < 4.78 is 0. The van der Waals surface area contributed by atoms with E-state index < -0.39 is 0 Å². The minimum Gasteiger partial charge on any atom is -0.372 e. The van der Waals surface area contributed by atoms with Gasteiger partial charge in [-0.1, -0.05) is 61.2 Å². The van der Waals surface area contributed by atoms with Crippen LogP contribution >= 0.6 is 0 Å². The first-order chi connectivity index (χ1) is 20.3. The van der Waals surface area contributed by atoms with Gasteiger partial charge in [-0.3, -0.25) is 0 Å². The van der Waals surface area contributed by atoms with E-state index in [1.54, 1.807) is 0 Å². The van der Waals surface area contributed by atoms with Gasteiger partial charge in [-0.2, -0.15) is 0 Å². The number of benzene rings is 4. The van der Waals surface area contributed by atoms with E-state index in [4.69, 9.17) is 0 Å². The molecule has 4 rings (SSSR count). The van der Waals surface area contributed by atoms with Crippen molar-refractivity contribution in [2.45, 2.75) is 54.0 Å². The Morgan fingerprint density at radius 3 is 1.48 bits per heavy atom. The van der Waals surface area contributed by atoms with Gasteiger partial charge < -0.3 is 14.7 Å². The number of nitrogens with zero attached hydrogens (tertiary/aromatic N) is 3. The number of hydrogen-bond acceptors (Lipinski definition) is 3. The maximum atomic E-state index is 3.87. The normalized spacial score (nSPS) is 11.0. The summed E-state index contributed by atoms with van der Waals surface area (Å²) in [6.07, 6.45) is 1.89. The lowest BCUT2D eigenvalue weighted by atomic mass is 9.81. The molecule has 3 nitrogen and oxygen atoms in total. The van der Waals surface area contributed by atoms with Crippen LogP contribution in [0, 0.1) is 13.8 Å². The van der Waals surface area contributed by atoms with E-state index in [1.165, 1.54) is 50.4 Å². The number of aryl methyl sites for hydroxylation is 2. The van der Waals surface area contributed by atoms with Crippen LogP contribution in [-0.4, -0.2) is 33.2 Å². The summed E-state index contributed by atoms with van der Waals surface area (Å²) >= 11 is 0. The second-order valence-electron chi connectivity index (χ2n) is 11.3. The van der Waals surface area contributed by atoms with Crippen LogP contribution < -0.4 is 14.7 Å². The molecule has 42 heavy (non-hydrogen) atoms. The largest absolute Gasteiger partial charge is 0.372 e. The van der Waals surface area contributed by atoms with Gasteiger partial charge in [0, 0.05) is 62.8 Å². The van der Waals surface area contributed by atoms with Crippen molar-refractivity contribution in [2.24, 2.45) is 0 Å². The summed E-state index contributed by atoms with van der Waals surface area (Å²) in [6.45, 7) is 22.2. The Bertz CT molecular complexity index is 1380. The van der Waals surface area contributed by atoms with Crippen LogP contribution in [0.15, 0.2) is 91.5 Å². The van der Waals surface area contributed by atoms with Gasteiger partial charge in [-0.25, -0.2) is 0 Å². The summed E-state index contributed by atoms with van der Waals surface area (Å²) in [5.41, 5.74) is 13.0. The van der Waals surface area contributed by atoms with Crippen LogP contribution in [0.25, 0.3) is 6.08 Å². The molecule has 3 heteroatoms. The number of rotatable bonds is 13. The molecule has 0 saturated heterocycles. The Labute approximate surface area is 255 Å². The standard InChI is InChI=1S/C39H49N3/c1-9-31-14-16-32(17-15-31)28-40(8)34-20-18-33(19-21-34)39(37-24-22-35(26-29(37)6)41(10-2)11-3)38-25-23-36(27-30(38)7)42(12-4)13-5/h9,14-27,39H,1,10-13,28H2,2-8H3. The van der Waals surface area contributed by atoms with Gasteiger partial charge in [-0.15, -0.1) is 0 Å². The van der Waals surface area contributed by atoms with E-state index in [0.717, 1.165) is 38.3 Å². The van der Waals surface area contributed by atoms with Crippen molar-refractivity contribution in [1.82, 2.24) is 0 Å². The third-order valence-electron chi connectivity index (χ3n) is 8.69. The first-order valence-corrected chi connectivity index (χ1v) is 15.6. The van der Waals surface area contributed by atoms with Gasteiger partial charge in [-0.05, 0) is 117 Å². The molecule has 0 saturated carbocycles. The molecule has 0 unspecified atom stereocenters. The predicted octanol–water partition coefficient (Wildman–Crippen LogP) is 9.46. The van der Waals surface area contributed by atoms with Crippen molar-refractivity contribution in [3.05, 3.63) is 130 Å². The van der Waals surface area contributed by atoms with Gasteiger partial charge in [0.2, 0.25) is 0 Å². The fourth-order valence-corrected chi connectivity index (χ4v) is 6.11. The zero-order chi connectivity index (χ0) is 30.2. The molecule has 4 aromatic carbocycles. The van der Waals surface area contributed by atoms with Gasteiger partial charge in [0.15, 0.2) is 0 Å². The summed E-state index contributed by atoms with van der Waals surface area (Å²) in [5, 5.41) is 0. The fraction of sp³-hybridized carbons (Fsp3) is 0.333. The highest BCUT2D eigenvalue weighted by molar-refractivity contribution is 5.60. The maximum absolute atomic E-state index is 3.87. The Kier molecular flexibility index (Phi) is 10.5. The van der Waals surface area contributed by atoms with Crippen LogP contribution in [0.2, 0.25) is 0 Å². The molecular weight excluding hydrogens is 510 g/mol. The molecule has 0 radical (unpaired) electrons. The van der Waals surface area contributed by atoms with Crippen molar-refractivity contribution in [3.63, 3.8) is 0 Å². The van der Waals surface area contributed by atoms with E-state index in [-0.39, 0.29) is 5.92 Å². The van der Waals surface area contributed by atoms with Crippen LogP contribution in [0.4, 0.5) is 17.1 Å². The lowest BCUT2D eigenvalue weighted by Crippen LogP contribution is -2.22. The number of hydrogen-bond donors (Lipinski definition) is 0. The van der Waals surface area contributed by atoms with E-state index in [2.05, 4.69) is 155 Å². The minimum absolute atomic E-state index is 0.160. The van der Waals surface area contributed by atoms with Crippen LogP contribution in [0.3, 0.4) is 0 Å². The summed E-state index contributed by atoms with van der Waals surface area (Å²) in [6, 6.07) is 31.9. The van der Waals surface area contributed by atoms with Gasteiger partial charge >= 0.3 is 0 Å². The molecule has 220 valence electrons. The van der Waals surface area contributed by atoms with Crippen molar-refractivity contribution < 1.29 is 0 Å². The molecule has 0 spiro atoms. The van der Waals surface area contributed by atoms with Crippen LogP contribution in [0.5, 0.6) is 0 Å². The van der Waals surface area contributed by atoms with Crippen molar-refractivity contribution in [3.8, 4) is 0 Å². The first-order valence-electron chi connectivity index (χ1n) is 15.6. The van der Waals surface area contributed by atoms with Gasteiger partial charge in [0.1, 0.15) is 0 Å². The van der Waals surface area contributed by atoms with Crippen molar-refractivity contribution in [1.29, 1.82) is 0 Å². The molecule has 0 N–H and O–H groups in total. The van der Waals surface area contributed by atoms with Crippen molar-refractivity contribution in [2.75, 3.05) is 47.9 Å². The summed E-state index contributed by atoms with van der Waals surface area (Å²) in [5.74, 6) is 0.160. The fourth-order valence-electron chi connectivity index (χ4n) is 6.11. The third-order valence-corrected chi connectivity index (χ3v) is 8.69. The van der Waals surface area contributed by atoms with E-state index in [1.807, 2.05) is 6.08 Å². The predicted molar refractivity (Wildman–Crippen MR) is 186 cm³/mol. The van der Waals surface area contributed by atoms with Crippen molar-refractivity contribution >= 4 is 23.1 Å². The Balaban J connectivity index is 1.72. The molecule has 0 aromatic heterocycles. The summed E-state index contributed by atoms with van der Waals surface area (Å²) in [7, 11) is 2.17. The number of anilines is 3. The minimum atomic E-state index is 0.160.